The van der Waals surface area contributed by atoms with Gasteiger partial charge in [0.05, 0.1) is 0 Å². The summed E-state index contributed by atoms with van der Waals surface area (Å²) in [6, 6.07) is 9.69. The summed E-state index contributed by atoms with van der Waals surface area (Å²) >= 11 is 0.699. The highest BCUT2D eigenvalue weighted by molar-refractivity contribution is 7.90. The largest absolute Gasteiger partial charge is 0.318 e. The van der Waals surface area contributed by atoms with Crippen molar-refractivity contribution in [1.82, 2.24) is 13.9 Å². The number of nitrogens with zero attached hydrogens (tertiary/aromatic N) is 4. The van der Waals surface area contributed by atoms with Gasteiger partial charge >= 0.3 is 0 Å². The van der Waals surface area contributed by atoms with E-state index in [2.05, 4.69) is 14.7 Å². The molecule has 0 fully saturated rings. The zero-order chi connectivity index (χ0) is 22.1. The van der Waals surface area contributed by atoms with Crippen molar-refractivity contribution in [1.29, 1.82) is 5.26 Å². The second-order valence-electron chi connectivity index (χ2n) is 6.42. The number of halogens is 1. The van der Waals surface area contributed by atoms with Crippen LogP contribution in [0.5, 0.6) is 0 Å². The van der Waals surface area contributed by atoms with E-state index in [-0.39, 0.29) is 16.5 Å². The van der Waals surface area contributed by atoms with Crippen molar-refractivity contribution >= 4 is 38.5 Å². The third-order valence-electron chi connectivity index (χ3n) is 4.16. The molecule has 8 nitrogen and oxygen atoms in total. The minimum Gasteiger partial charge on any atom is -0.318 e. The van der Waals surface area contributed by atoms with Crippen molar-refractivity contribution < 1.29 is 17.6 Å². The Bertz CT molecular complexity index is 1320. The summed E-state index contributed by atoms with van der Waals surface area (Å²) in [5, 5.41) is 11.4. The molecule has 0 saturated carbocycles. The lowest BCUT2D eigenvalue weighted by atomic mass is 10.1. The van der Waals surface area contributed by atoms with Crippen molar-refractivity contribution in [2.24, 2.45) is 0 Å². The average Bonchev–Trinajstić information content (AvgIpc) is 3.24. The Balaban J connectivity index is 1.91. The van der Waals surface area contributed by atoms with Crippen LogP contribution in [-0.2, 0) is 14.6 Å². The van der Waals surface area contributed by atoms with Crippen LogP contribution in [0.1, 0.15) is 17.0 Å². The molecule has 1 amide bonds. The molecule has 154 valence electrons. The molecule has 0 aliphatic carbocycles. The predicted octanol–water partition coefficient (Wildman–Crippen LogP) is 3.03. The second-order valence-corrected chi connectivity index (χ2v) is 9.08. The van der Waals surface area contributed by atoms with E-state index >= 15 is 0 Å². The number of rotatable bonds is 5. The van der Waals surface area contributed by atoms with Crippen molar-refractivity contribution in [3.05, 3.63) is 58.7 Å². The number of carbonyl (C=O) groups is 1. The van der Waals surface area contributed by atoms with Crippen LogP contribution >= 0.6 is 11.5 Å². The lowest BCUT2D eigenvalue weighted by molar-refractivity contribution is -0.112. The number of hydrogen-bond donors (Lipinski definition) is 1. The van der Waals surface area contributed by atoms with E-state index in [1.54, 1.807) is 25.1 Å². The molecule has 0 spiro atoms. The van der Waals surface area contributed by atoms with Crippen LogP contribution in [0, 0.1) is 31.0 Å². The van der Waals surface area contributed by atoms with Crippen molar-refractivity contribution in [3.63, 3.8) is 0 Å². The fourth-order valence-electron chi connectivity index (χ4n) is 2.83. The molecule has 0 aliphatic heterocycles. The van der Waals surface area contributed by atoms with E-state index in [0.717, 1.165) is 11.9 Å². The summed E-state index contributed by atoms with van der Waals surface area (Å²) < 4.78 is 42.0. The maximum atomic E-state index is 13.6. The predicted molar refractivity (Wildman–Crippen MR) is 110 cm³/mol. The van der Waals surface area contributed by atoms with Gasteiger partial charge in [-0.3, -0.25) is 10.1 Å². The van der Waals surface area contributed by atoms with Gasteiger partial charge in [0.25, 0.3) is 11.1 Å². The molecule has 1 aromatic carbocycles. The summed E-state index contributed by atoms with van der Waals surface area (Å²) in [5.41, 5.74) is 2.54. The third-order valence-corrected chi connectivity index (χ3v) is 5.75. The minimum absolute atomic E-state index is 0.0354. The molecule has 2 heterocycles. The summed E-state index contributed by atoms with van der Waals surface area (Å²) in [5.74, 6) is -1.12. The molecule has 0 atom stereocenters. The number of carbonyl (C=O) groups excluding carboxylic acids is 1. The summed E-state index contributed by atoms with van der Waals surface area (Å²) in [6.45, 7) is 3.62. The van der Waals surface area contributed by atoms with Gasteiger partial charge in [0.1, 0.15) is 17.5 Å². The van der Waals surface area contributed by atoms with E-state index in [4.69, 9.17) is 0 Å². The van der Waals surface area contributed by atoms with Gasteiger partial charge in [-0.2, -0.15) is 14.6 Å². The number of sulfone groups is 1. The standard InChI is InChI=1S/C19H16FN5O3S2/c1-11-7-13(12(2)25(11)16-6-4-5-15(20)9-16)8-14(10-21)17(26)22-18-23-19(24-29-18)30(3,27)28/h4-9H,1-3H3,(H,22,23,24,26)/b14-8-. The number of anilines is 1. The first-order valence-electron chi connectivity index (χ1n) is 8.52. The first kappa shape index (κ1) is 21.4. The summed E-state index contributed by atoms with van der Waals surface area (Å²) in [4.78, 5) is 16.2. The number of hydrogen-bond acceptors (Lipinski definition) is 7. The van der Waals surface area contributed by atoms with Crippen LogP contribution < -0.4 is 5.32 Å². The SMILES string of the molecule is Cc1cc(/C=C(/C#N)C(=O)Nc2nc(S(C)(=O)=O)ns2)c(C)n1-c1cccc(F)c1. The Hall–Kier alpha value is -3.36. The van der Waals surface area contributed by atoms with Crippen LogP contribution in [0.15, 0.2) is 41.1 Å². The fraction of sp³-hybridized carbons (Fsp3) is 0.158. The van der Waals surface area contributed by atoms with Gasteiger partial charge in [-0.25, -0.2) is 12.8 Å². The lowest BCUT2D eigenvalue weighted by Crippen LogP contribution is -2.13. The minimum atomic E-state index is -3.60. The van der Waals surface area contributed by atoms with Gasteiger partial charge in [-0.1, -0.05) is 6.07 Å². The van der Waals surface area contributed by atoms with Gasteiger partial charge in [-0.15, -0.1) is 0 Å². The lowest BCUT2D eigenvalue weighted by Gasteiger charge is -2.09. The maximum Gasteiger partial charge on any atom is 0.268 e. The monoisotopic (exact) mass is 445 g/mol. The normalized spacial score (nSPS) is 11.9. The molecule has 11 heteroatoms. The first-order valence-corrected chi connectivity index (χ1v) is 11.2. The average molecular weight is 446 g/mol. The molecule has 0 aliphatic rings. The van der Waals surface area contributed by atoms with Crippen LogP contribution in [-0.4, -0.2) is 34.5 Å². The van der Waals surface area contributed by atoms with Crippen LogP contribution in [0.3, 0.4) is 0 Å². The third kappa shape index (κ3) is 4.45. The molecule has 2 aromatic heterocycles. The first-order chi connectivity index (χ1) is 14.1. The molecule has 0 saturated heterocycles. The van der Waals surface area contributed by atoms with Crippen molar-refractivity contribution in [2.75, 3.05) is 11.6 Å². The maximum absolute atomic E-state index is 13.6. The molecule has 1 N–H and O–H groups in total. The number of aryl methyl sites for hydroxylation is 1. The molecule has 0 unspecified atom stereocenters. The quantitative estimate of drug-likeness (QED) is 0.476. The molecule has 0 radical (unpaired) electrons. The highest BCUT2D eigenvalue weighted by Crippen LogP contribution is 2.24. The van der Waals surface area contributed by atoms with Gasteiger partial charge in [0.2, 0.25) is 15.0 Å². The Morgan fingerprint density at radius 1 is 1.33 bits per heavy atom. The summed E-state index contributed by atoms with van der Waals surface area (Å²) in [6.07, 6.45) is 2.36. The molecular formula is C19H16FN5O3S2. The van der Waals surface area contributed by atoms with E-state index in [1.165, 1.54) is 18.2 Å². The van der Waals surface area contributed by atoms with Gasteiger partial charge in [-0.05, 0) is 49.8 Å². The van der Waals surface area contributed by atoms with E-state index in [9.17, 15) is 22.9 Å². The zero-order valence-corrected chi connectivity index (χ0v) is 17.8. The molecule has 3 aromatic rings. The van der Waals surface area contributed by atoms with Crippen molar-refractivity contribution in [3.8, 4) is 11.8 Å². The Labute approximate surface area is 176 Å². The molecule has 0 bridgehead atoms. The smallest absolute Gasteiger partial charge is 0.268 e. The zero-order valence-electron chi connectivity index (χ0n) is 16.2. The topological polar surface area (TPSA) is 118 Å². The molecule has 30 heavy (non-hydrogen) atoms. The summed E-state index contributed by atoms with van der Waals surface area (Å²) in [7, 11) is -3.60. The Kier molecular flexibility index (Phi) is 5.82. The van der Waals surface area contributed by atoms with E-state index in [1.807, 2.05) is 17.6 Å². The van der Waals surface area contributed by atoms with Crippen LogP contribution in [0.25, 0.3) is 11.8 Å². The number of amides is 1. The highest BCUT2D eigenvalue weighted by Gasteiger charge is 2.18. The van der Waals surface area contributed by atoms with Crippen LogP contribution in [0.2, 0.25) is 0 Å². The fourth-order valence-corrected chi connectivity index (χ4v) is 4.27. The number of aromatic nitrogens is 3. The second kappa shape index (κ2) is 8.17. The number of nitrogens with one attached hydrogen (secondary N) is 1. The van der Waals surface area contributed by atoms with E-state index < -0.39 is 20.9 Å². The van der Waals surface area contributed by atoms with Crippen molar-refractivity contribution in [2.45, 2.75) is 19.0 Å². The highest BCUT2D eigenvalue weighted by atomic mass is 32.2. The van der Waals surface area contributed by atoms with Gasteiger partial charge in [0, 0.05) is 34.9 Å². The molecular weight excluding hydrogens is 429 g/mol. The van der Waals surface area contributed by atoms with E-state index in [0.29, 0.717) is 28.5 Å². The Morgan fingerprint density at radius 2 is 2.07 bits per heavy atom. The van der Waals surface area contributed by atoms with Crippen LogP contribution in [0.4, 0.5) is 9.52 Å². The number of nitriles is 1. The Morgan fingerprint density at radius 3 is 2.67 bits per heavy atom. The van der Waals surface area contributed by atoms with Gasteiger partial charge in [0.15, 0.2) is 0 Å². The van der Waals surface area contributed by atoms with Gasteiger partial charge < -0.3 is 4.57 Å². The molecule has 3 rings (SSSR count). The number of benzene rings is 1.